The molecule has 2 heterocycles. The molecule has 2 amide bonds. The zero-order valence-corrected chi connectivity index (χ0v) is 18.0. The van der Waals surface area contributed by atoms with Crippen LogP contribution in [0.5, 0.6) is 0 Å². The van der Waals surface area contributed by atoms with Crippen molar-refractivity contribution in [1.29, 1.82) is 0 Å². The third kappa shape index (κ3) is 6.08. The Morgan fingerprint density at radius 1 is 1.07 bits per heavy atom. The van der Waals surface area contributed by atoms with Crippen molar-refractivity contribution in [3.8, 4) is 0 Å². The quantitative estimate of drug-likeness (QED) is 0.678. The summed E-state index contributed by atoms with van der Waals surface area (Å²) in [7, 11) is 0. The van der Waals surface area contributed by atoms with Crippen LogP contribution >= 0.6 is 0 Å². The first-order valence-electron chi connectivity index (χ1n) is 9.94. The summed E-state index contributed by atoms with van der Waals surface area (Å²) in [6, 6.07) is -2.05. The van der Waals surface area contributed by atoms with Crippen LogP contribution in [0.15, 0.2) is 0 Å². The summed E-state index contributed by atoms with van der Waals surface area (Å²) in [5.41, 5.74) is -1.44. The van der Waals surface area contributed by atoms with E-state index in [0.717, 1.165) is 0 Å². The fourth-order valence-corrected chi connectivity index (χ4v) is 3.96. The fraction of sp³-hybridized carbons (Fsp3) is 0.800. The molecular formula is C20H32N2O7. The number of carboxylic acids is 1. The lowest BCUT2D eigenvalue weighted by Crippen LogP contribution is -2.59. The van der Waals surface area contributed by atoms with Crippen molar-refractivity contribution in [2.75, 3.05) is 0 Å². The van der Waals surface area contributed by atoms with Crippen molar-refractivity contribution in [2.24, 2.45) is 5.92 Å². The summed E-state index contributed by atoms with van der Waals surface area (Å²) in [4.78, 5) is 50.6. The lowest BCUT2D eigenvalue weighted by atomic mass is 9.89. The zero-order chi connectivity index (χ0) is 22.1. The van der Waals surface area contributed by atoms with E-state index in [1.54, 1.807) is 41.5 Å². The van der Waals surface area contributed by atoms with Crippen molar-refractivity contribution in [2.45, 2.75) is 96.6 Å². The van der Waals surface area contributed by atoms with Crippen molar-refractivity contribution in [3.05, 3.63) is 0 Å². The normalized spacial score (nSPS) is 27.2. The molecule has 164 valence electrons. The van der Waals surface area contributed by atoms with Gasteiger partial charge in [-0.25, -0.2) is 9.59 Å². The number of ether oxygens (including phenoxy) is 2. The van der Waals surface area contributed by atoms with E-state index in [1.807, 2.05) is 0 Å². The van der Waals surface area contributed by atoms with Gasteiger partial charge >= 0.3 is 18.0 Å². The maximum absolute atomic E-state index is 13.1. The Balaban J connectivity index is 2.20. The number of carbonyl (C=O) groups is 4. The third-order valence-electron chi connectivity index (χ3n) is 4.87. The molecule has 0 aromatic rings. The fourth-order valence-electron chi connectivity index (χ4n) is 3.96. The molecule has 2 fully saturated rings. The van der Waals surface area contributed by atoms with E-state index in [2.05, 4.69) is 5.32 Å². The van der Waals surface area contributed by atoms with Crippen LogP contribution in [0.2, 0.25) is 0 Å². The van der Waals surface area contributed by atoms with Gasteiger partial charge in [-0.15, -0.1) is 0 Å². The molecule has 0 aromatic carbocycles. The largest absolute Gasteiger partial charge is 0.481 e. The van der Waals surface area contributed by atoms with E-state index in [-0.39, 0.29) is 24.8 Å². The van der Waals surface area contributed by atoms with E-state index < -0.39 is 47.2 Å². The summed E-state index contributed by atoms with van der Waals surface area (Å²) in [5, 5.41) is 11.8. The van der Waals surface area contributed by atoms with Gasteiger partial charge in [0.05, 0.1) is 6.42 Å². The number of hydrogen-bond donors (Lipinski definition) is 2. The second-order valence-electron chi connectivity index (χ2n) is 9.73. The summed E-state index contributed by atoms with van der Waals surface area (Å²) in [6.45, 7) is 10.4. The number of carboxylic acid groups (broad SMARTS) is 1. The molecule has 2 aliphatic rings. The minimum atomic E-state index is -0.971. The minimum absolute atomic E-state index is 0.127. The average Bonchev–Trinajstić information content (AvgIpc) is 2.85. The van der Waals surface area contributed by atoms with Crippen LogP contribution in [0.3, 0.4) is 0 Å². The second-order valence-corrected chi connectivity index (χ2v) is 9.73. The summed E-state index contributed by atoms with van der Waals surface area (Å²) >= 11 is 0. The van der Waals surface area contributed by atoms with E-state index in [1.165, 1.54) is 4.90 Å². The Labute approximate surface area is 171 Å². The second kappa shape index (κ2) is 8.20. The maximum atomic E-state index is 13.1. The van der Waals surface area contributed by atoms with Crippen molar-refractivity contribution in [1.82, 2.24) is 10.2 Å². The Hall–Kier alpha value is -2.32. The standard InChI is InChI=1S/C20H32N2O7/c1-19(2,3)28-17(26)14-9-11(10-15(23)24)13-8-7-12(16(25)22(13)14)21-18(27)29-20(4,5)6/h11-14H,7-10H2,1-6H3,(H,21,27)(H,23,24)/t11-,12-,13-,14+/m1/s1. The van der Waals surface area contributed by atoms with Gasteiger partial charge in [0.25, 0.3) is 0 Å². The Morgan fingerprint density at radius 3 is 2.17 bits per heavy atom. The molecule has 9 heteroatoms. The van der Waals surface area contributed by atoms with Gasteiger partial charge in [0.15, 0.2) is 0 Å². The predicted octanol–water partition coefficient (Wildman–Crippen LogP) is 2.08. The molecule has 0 radical (unpaired) electrons. The molecule has 2 N–H and O–H groups in total. The maximum Gasteiger partial charge on any atom is 0.408 e. The van der Waals surface area contributed by atoms with Crippen LogP contribution in [-0.4, -0.2) is 63.3 Å². The first-order chi connectivity index (χ1) is 13.2. The number of esters is 1. The summed E-state index contributed by atoms with van der Waals surface area (Å²) < 4.78 is 10.7. The number of alkyl carbamates (subject to hydrolysis) is 1. The number of amides is 2. The smallest absolute Gasteiger partial charge is 0.408 e. The molecule has 2 rings (SSSR count). The van der Waals surface area contributed by atoms with E-state index >= 15 is 0 Å². The first kappa shape index (κ1) is 23.0. The highest BCUT2D eigenvalue weighted by atomic mass is 16.6. The topological polar surface area (TPSA) is 122 Å². The van der Waals surface area contributed by atoms with Crippen molar-refractivity contribution >= 4 is 23.9 Å². The molecule has 0 aromatic heterocycles. The number of rotatable bonds is 4. The number of hydrogen-bond acceptors (Lipinski definition) is 6. The van der Waals surface area contributed by atoms with Crippen LogP contribution in [0.1, 0.15) is 67.2 Å². The Morgan fingerprint density at radius 2 is 1.66 bits per heavy atom. The summed E-state index contributed by atoms with van der Waals surface area (Å²) in [6.07, 6.45) is 0.249. The molecule has 0 unspecified atom stereocenters. The number of nitrogens with one attached hydrogen (secondary N) is 1. The SMILES string of the molecule is CC(C)(C)OC(=O)N[C@@H]1CC[C@@H]2[C@@H](CC(=O)O)C[C@@H](C(=O)OC(C)(C)C)N2C1=O. The monoisotopic (exact) mass is 412 g/mol. The van der Waals surface area contributed by atoms with Gasteiger partial charge in [-0.05, 0) is 66.7 Å². The molecule has 0 aliphatic carbocycles. The van der Waals surface area contributed by atoms with Crippen LogP contribution in [0, 0.1) is 5.92 Å². The number of aliphatic carboxylic acids is 1. The Bertz CT molecular complexity index is 677. The third-order valence-corrected chi connectivity index (χ3v) is 4.87. The van der Waals surface area contributed by atoms with Gasteiger partial charge in [-0.2, -0.15) is 0 Å². The lowest BCUT2D eigenvalue weighted by Gasteiger charge is -2.39. The van der Waals surface area contributed by atoms with Gasteiger partial charge in [-0.3, -0.25) is 9.59 Å². The van der Waals surface area contributed by atoms with E-state index in [4.69, 9.17) is 9.47 Å². The number of piperidine rings is 1. The molecule has 0 saturated carbocycles. The first-order valence-corrected chi connectivity index (χ1v) is 9.94. The number of carbonyl (C=O) groups excluding carboxylic acids is 3. The zero-order valence-electron chi connectivity index (χ0n) is 18.0. The van der Waals surface area contributed by atoms with Gasteiger partial charge in [0, 0.05) is 6.04 Å². The molecule has 0 bridgehead atoms. The van der Waals surface area contributed by atoms with E-state index in [0.29, 0.717) is 12.8 Å². The van der Waals surface area contributed by atoms with Crippen LogP contribution in [0.25, 0.3) is 0 Å². The van der Waals surface area contributed by atoms with Crippen LogP contribution < -0.4 is 5.32 Å². The predicted molar refractivity (Wildman–Crippen MR) is 103 cm³/mol. The van der Waals surface area contributed by atoms with Gasteiger partial charge in [0.1, 0.15) is 23.3 Å². The summed E-state index contributed by atoms with van der Waals surface area (Å²) in [5.74, 6) is -2.27. The average molecular weight is 412 g/mol. The highest BCUT2D eigenvalue weighted by Gasteiger charge is 2.52. The van der Waals surface area contributed by atoms with Crippen LogP contribution in [0.4, 0.5) is 4.79 Å². The highest BCUT2D eigenvalue weighted by Crippen LogP contribution is 2.39. The van der Waals surface area contributed by atoms with Crippen molar-refractivity contribution < 1.29 is 33.8 Å². The molecule has 4 atom stereocenters. The Kier molecular flexibility index (Phi) is 6.49. The van der Waals surface area contributed by atoms with E-state index in [9.17, 15) is 24.3 Å². The minimum Gasteiger partial charge on any atom is -0.481 e. The van der Waals surface area contributed by atoms with Crippen molar-refractivity contribution in [3.63, 3.8) is 0 Å². The molecule has 0 spiro atoms. The molecule has 2 saturated heterocycles. The lowest BCUT2D eigenvalue weighted by molar-refractivity contribution is -0.165. The van der Waals surface area contributed by atoms with Gasteiger partial charge < -0.3 is 24.8 Å². The molecule has 9 nitrogen and oxygen atoms in total. The number of nitrogens with zero attached hydrogens (tertiary/aromatic N) is 1. The molecule has 29 heavy (non-hydrogen) atoms. The highest BCUT2D eigenvalue weighted by molar-refractivity contribution is 5.91. The number of fused-ring (bicyclic) bond motifs is 1. The van der Waals surface area contributed by atoms with Crippen LogP contribution in [-0.2, 0) is 23.9 Å². The van der Waals surface area contributed by atoms with Gasteiger partial charge in [-0.1, -0.05) is 0 Å². The molecular weight excluding hydrogens is 380 g/mol. The van der Waals surface area contributed by atoms with Gasteiger partial charge in [0.2, 0.25) is 5.91 Å². The molecule has 2 aliphatic heterocycles.